The van der Waals surface area contributed by atoms with Crippen molar-refractivity contribution in [3.8, 4) is 5.75 Å². The lowest BCUT2D eigenvalue weighted by Crippen LogP contribution is -2.33. The van der Waals surface area contributed by atoms with E-state index < -0.39 is 12.4 Å². The molecule has 0 radical (unpaired) electrons. The molecule has 0 saturated carbocycles. The molecule has 90 valence electrons. The third-order valence-electron chi connectivity index (χ3n) is 2.27. The van der Waals surface area contributed by atoms with Gasteiger partial charge in [-0.2, -0.15) is 0 Å². The molecule has 0 aliphatic carbocycles. The van der Waals surface area contributed by atoms with Crippen LogP contribution in [0.5, 0.6) is 5.75 Å². The molecule has 0 amide bonds. The number of hydrogen-bond donors (Lipinski definition) is 0. The fraction of sp³-hybridized carbons (Fsp3) is 0.455. The molecule has 0 spiro atoms. The Morgan fingerprint density at radius 3 is 2.56 bits per heavy atom. The van der Waals surface area contributed by atoms with Gasteiger partial charge >= 0.3 is 6.98 Å². The van der Waals surface area contributed by atoms with Crippen molar-refractivity contribution in [2.24, 2.45) is 0 Å². The van der Waals surface area contributed by atoms with Gasteiger partial charge in [0.2, 0.25) is 0 Å². The highest BCUT2D eigenvalue weighted by atomic mass is 19.4. The summed E-state index contributed by atoms with van der Waals surface area (Å²) in [5.41, 5.74) is -0.610. The number of hydrogen-bond acceptors (Lipinski definition) is 1. The summed E-state index contributed by atoms with van der Waals surface area (Å²) in [6.07, 6.45) is 1.73. The normalized spacial score (nSPS) is 13.6. The smallest absolute Gasteiger partial charge is 0.491 e. The summed E-state index contributed by atoms with van der Waals surface area (Å²) in [5, 5.41) is 0. The monoisotopic (exact) mass is 231 g/mol. The summed E-state index contributed by atoms with van der Waals surface area (Å²) < 4.78 is 42.8. The van der Waals surface area contributed by atoms with E-state index in [-0.39, 0.29) is 11.9 Å². The average molecular weight is 231 g/mol. The highest BCUT2D eigenvalue weighted by molar-refractivity contribution is 6.73. The van der Waals surface area contributed by atoms with Gasteiger partial charge < -0.3 is 17.7 Å². The van der Waals surface area contributed by atoms with Crippen LogP contribution in [-0.4, -0.2) is 13.1 Å². The summed E-state index contributed by atoms with van der Waals surface area (Å²) >= 11 is 0. The molecule has 1 unspecified atom stereocenters. The van der Waals surface area contributed by atoms with Gasteiger partial charge in [0.05, 0.1) is 6.10 Å². The van der Waals surface area contributed by atoms with E-state index >= 15 is 0 Å². The molecule has 1 atom stereocenters. The van der Waals surface area contributed by atoms with Crippen molar-refractivity contribution in [3.05, 3.63) is 24.3 Å². The topological polar surface area (TPSA) is 9.23 Å². The van der Waals surface area contributed by atoms with E-state index in [1.165, 1.54) is 6.07 Å². The summed E-state index contributed by atoms with van der Waals surface area (Å²) in [5.74, 6) is 0.289. The zero-order valence-corrected chi connectivity index (χ0v) is 9.42. The van der Waals surface area contributed by atoms with Crippen LogP contribution in [0.1, 0.15) is 26.7 Å². The van der Waals surface area contributed by atoms with Crippen LogP contribution in [0, 0.1) is 0 Å². The molecular weight excluding hydrogens is 216 g/mol. The Bertz CT molecular complexity index is 338. The number of rotatable bonds is 5. The second-order valence-electron chi connectivity index (χ2n) is 3.86. The Hall–Kier alpha value is -1.13. The van der Waals surface area contributed by atoms with Crippen LogP contribution < -0.4 is 10.2 Å². The quantitative estimate of drug-likeness (QED) is 0.706. The Labute approximate surface area is 93.7 Å². The van der Waals surface area contributed by atoms with Gasteiger partial charge in [0.1, 0.15) is 5.75 Å². The Morgan fingerprint density at radius 2 is 2.00 bits per heavy atom. The standard InChI is InChI=1S/C11H15BF3O/c1-3-5-9(2)16-11-7-4-6-10(8-11)12(13,14)15/h4,6-9H,3,5H2,1-2H3/q-1. The molecule has 0 aromatic heterocycles. The third-order valence-corrected chi connectivity index (χ3v) is 2.27. The Morgan fingerprint density at radius 1 is 1.31 bits per heavy atom. The van der Waals surface area contributed by atoms with E-state index in [1.54, 1.807) is 6.07 Å². The fourth-order valence-corrected chi connectivity index (χ4v) is 1.49. The predicted octanol–water partition coefficient (Wildman–Crippen LogP) is 3.31. The average Bonchev–Trinajstić information content (AvgIpc) is 2.17. The summed E-state index contributed by atoms with van der Waals surface area (Å²) in [4.78, 5) is 0. The minimum Gasteiger partial charge on any atom is -0.491 e. The zero-order chi connectivity index (χ0) is 12.2. The lowest BCUT2D eigenvalue weighted by Gasteiger charge is -2.18. The molecule has 1 aromatic carbocycles. The van der Waals surface area contributed by atoms with Crippen LogP contribution in [-0.2, 0) is 0 Å². The molecule has 0 heterocycles. The molecule has 0 fully saturated rings. The minimum atomic E-state index is -4.94. The lowest BCUT2D eigenvalue weighted by molar-refractivity contribution is 0.210. The molecule has 0 bridgehead atoms. The van der Waals surface area contributed by atoms with Crippen LogP contribution in [0.4, 0.5) is 12.9 Å². The first-order chi connectivity index (χ1) is 7.43. The van der Waals surface area contributed by atoms with Gasteiger partial charge in [0.15, 0.2) is 0 Å². The van der Waals surface area contributed by atoms with E-state index in [0.717, 1.165) is 25.0 Å². The van der Waals surface area contributed by atoms with Crippen LogP contribution in [0.2, 0.25) is 0 Å². The Balaban J connectivity index is 2.75. The molecule has 0 aliphatic heterocycles. The third kappa shape index (κ3) is 3.79. The molecule has 0 N–H and O–H groups in total. The van der Waals surface area contributed by atoms with E-state index in [2.05, 4.69) is 0 Å². The van der Waals surface area contributed by atoms with Crippen molar-refractivity contribution in [1.82, 2.24) is 0 Å². The van der Waals surface area contributed by atoms with Gasteiger partial charge in [-0.3, -0.25) is 0 Å². The van der Waals surface area contributed by atoms with Crippen molar-refractivity contribution in [2.75, 3.05) is 0 Å². The number of ether oxygens (including phenoxy) is 1. The van der Waals surface area contributed by atoms with Gasteiger partial charge in [-0.15, -0.1) is 5.46 Å². The highest BCUT2D eigenvalue weighted by Crippen LogP contribution is 2.16. The Kier molecular flexibility index (Phi) is 4.27. The molecular formula is C11H15BF3O-. The molecule has 1 rings (SSSR count). The van der Waals surface area contributed by atoms with Crippen molar-refractivity contribution < 1.29 is 17.7 Å². The van der Waals surface area contributed by atoms with E-state index in [1.807, 2.05) is 13.8 Å². The van der Waals surface area contributed by atoms with Crippen LogP contribution in [0.15, 0.2) is 24.3 Å². The van der Waals surface area contributed by atoms with Crippen LogP contribution in [0.3, 0.4) is 0 Å². The fourth-order valence-electron chi connectivity index (χ4n) is 1.49. The van der Waals surface area contributed by atoms with E-state index in [4.69, 9.17) is 4.74 Å². The SMILES string of the molecule is CCCC(C)Oc1cccc([B-](F)(F)F)c1. The summed E-state index contributed by atoms with van der Waals surface area (Å²) in [6.45, 7) is -1.08. The van der Waals surface area contributed by atoms with Gasteiger partial charge in [-0.1, -0.05) is 25.5 Å². The van der Waals surface area contributed by atoms with Crippen molar-refractivity contribution in [1.29, 1.82) is 0 Å². The van der Waals surface area contributed by atoms with Crippen LogP contribution in [0.25, 0.3) is 0 Å². The van der Waals surface area contributed by atoms with Gasteiger partial charge in [0, 0.05) is 0 Å². The molecule has 16 heavy (non-hydrogen) atoms. The van der Waals surface area contributed by atoms with Gasteiger partial charge in [0.25, 0.3) is 0 Å². The van der Waals surface area contributed by atoms with E-state index in [0.29, 0.717) is 0 Å². The molecule has 1 nitrogen and oxygen atoms in total. The summed E-state index contributed by atoms with van der Waals surface area (Å²) in [6, 6.07) is 5.06. The van der Waals surface area contributed by atoms with Gasteiger partial charge in [-0.25, -0.2) is 0 Å². The maximum absolute atomic E-state index is 12.5. The zero-order valence-electron chi connectivity index (χ0n) is 9.42. The molecule has 0 saturated heterocycles. The summed E-state index contributed by atoms with van der Waals surface area (Å²) in [7, 11) is 0. The first-order valence-electron chi connectivity index (χ1n) is 5.40. The predicted molar refractivity (Wildman–Crippen MR) is 60.2 cm³/mol. The van der Waals surface area contributed by atoms with Crippen molar-refractivity contribution >= 4 is 12.4 Å². The first-order valence-corrected chi connectivity index (χ1v) is 5.40. The lowest BCUT2D eigenvalue weighted by atomic mass is 9.80. The number of benzene rings is 1. The molecule has 1 aromatic rings. The van der Waals surface area contributed by atoms with Crippen molar-refractivity contribution in [3.63, 3.8) is 0 Å². The second kappa shape index (κ2) is 5.28. The first kappa shape index (κ1) is 12.9. The molecule has 5 heteroatoms. The maximum Gasteiger partial charge on any atom is 0.509 e. The van der Waals surface area contributed by atoms with Crippen molar-refractivity contribution in [2.45, 2.75) is 32.8 Å². The highest BCUT2D eigenvalue weighted by Gasteiger charge is 2.25. The second-order valence-corrected chi connectivity index (χ2v) is 3.86. The largest absolute Gasteiger partial charge is 0.509 e. The molecule has 0 aliphatic rings. The maximum atomic E-state index is 12.5. The minimum absolute atomic E-state index is 0.0546. The van der Waals surface area contributed by atoms with Crippen LogP contribution >= 0.6 is 0 Å². The van der Waals surface area contributed by atoms with E-state index in [9.17, 15) is 12.9 Å². The van der Waals surface area contributed by atoms with Gasteiger partial charge in [-0.05, 0) is 25.5 Å². The number of halogens is 3.